The van der Waals surface area contributed by atoms with Gasteiger partial charge >= 0.3 is 0 Å². The van der Waals surface area contributed by atoms with Crippen LogP contribution in [0.4, 0.5) is 0 Å². The monoisotopic (exact) mass is 330 g/mol. The molecule has 1 aliphatic heterocycles. The summed E-state index contributed by atoms with van der Waals surface area (Å²) in [6.45, 7) is 3.54. The van der Waals surface area contributed by atoms with Gasteiger partial charge in [0.2, 0.25) is 5.91 Å². The molecule has 3 rings (SSSR count). The van der Waals surface area contributed by atoms with Crippen LogP contribution in [-0.4, -0.2) is 29.1 Å². The van der Waals surface area contributed by atoms with Gasteiger partial charge in [0.15, 0.2) is 5.17 Å². The molecule has 0 unspecified atom stereocenters. The second-order valence-electron chi connectivity index (χ2n) is 5.18. The molecule has 0 atom stereocenters. The van der Waals surface area contributed by atoms with E-state index in [9.17, 15) is 4.79 Å². The Kier molecular flexibility index (Phi) is 4.95. The molecule has 0 saturated carbocycles. The lowest BCUT2D eigenvalue weighted by Crippen LogP contribution is -2.33. The van der Waals surface area contributed by atoms with E-state index in [1.165, 1.54) is 11.1 Å². The topological polar surface area (TPSA) is 32.7 Å². The fourth-order valence-corrected chi connectivity index (χ4v) is 4.19. The molecule has 0 radical (unpaired) electrons. The lowest BCUT2D eigenvalue weighted by Gasteiger charge is -2.17. The van der Waals surface area contributed by atoms with E-state index in [0.29, 0.717) is 19.5 Å². The van der Waals surface area contributed by atoms with E-state index in [1.54, 1.807) is 23.1 Å². The Hall–Kier alpha value is -1.59. The molecule has 0 spiro atoms. The van der Waals surface area contributed by atoms with Crippen molar-refractivity contribution in [3.63, 3.8) is 0 Å². The quantitative estimate of drug-likeness (QED) is 0.856. The van der Waals surface area contributed by atoms with Gasteiger partial charge in [-0.15, -0.1) is 11.3 Å². The van der Waals surface area contributed by atoms with Crippen molar-refractivity contribution in [2.24, 2.45) is 4.99 Å². The molecule has 3 nitrogen and oxygen atoms in total. The third-order valence-corrected chi connectivity index (χ3v) is 5.57. The smallest absolute Gasteiger partial charge is 0.233 e. The number of thioether (sulfide) groups is 1. The predicted octanol–water partition coefficient (Wildman–Crippen LogP) is 3.73. The van der Waals surface area contributed by atoms with Crippen LogP contribution in [0.3, 0.4) is 0 Å². The van der Waals surface area contributed by atoms with Gasteiger partial charge < -0.3 is 0 Å². The molecule has 1 amide bonds. The van der Waals surface area contributed by atoms with Gasteiger partial charge in [0.25, 0.3) is 0 Å². The lowest BCUT2D eigenvalue weighted by atomic mass is 10.1. The number of hydrogen-bond acceptors (Lipinski definition) is 4. The van der Waals surface area contributed by atoms with Gasteiger partial charge in [-0.2, -0.15) is 0 Å². The van der Waals surface area contributed by atoms with E-state index in [-0.39, 0.29) is 5.91 Å². The molecule has 0 N–H and O–H groups in total. The third-order valence-electron chi connectivity index (χ3n) is 3.63. The minimum atomic E-state index is 0.149. The molecule has 1 aliphatic rings. The van der Waals surface area contributed by atoms with E-state index in [2.05, 4.69) is 30.1 Å². The first-order chi connectivity index (χ1) is 10.7. The van der Waals surface area contributed by atoms with Crippen molar-refractivity contribution in [2.75, 3.05) is 13.1 Å². The molecule has 22 heavy (non-hydrogen) atoms. The fourth-order valence-electron chi connectivity index (χ4n) is 2.35. The molecule has 2 heterocycles. The number of hydrogen-bond donors (Lipinski definition) is 0. The Morgan fingerprint density at radius 1 is 1.32 bits per heavy atom. The number of amides is 1. The molecular weight excluding hydrogens is 312 g/mol. The molecule has 0 bridgehead atoms. The second kappa shape index (κ2) is 7.11. The van der Waals surface area contributed by atoms with Crippen molar-refractivity contribution in [1.29, 1.82) is 0 Å². The number of amidine groups is 1. The minimum Gasteiger partial charge on any atom is -0.289 e. The van der Waals surface area contributed by atoms with E-state index >= 15 is 0 Å². The maximum atomic E-state index is 12.4. The number of aryl methyl sites for hydroxylation is 1. The third kappa shape index (κ3) is 3.59. The summed E-state index contributed by atoms with van der Waals surface area (Å²) < 4.78 is 0. The van der Waals surface area contributed by atoms with Crippen LogP contribution in [0.5, 0.6) is 0 Å². The Morgan fingerprint density at radius 2 is 2.18 bits per heavy atom. The summed E-state index contributed by atoms with van der Waals surface area (Å²) >= 11 is 3.29. The van der Waals surface area contributed by atoms with Crippen molar-refractivity contribution < 1.29 is 4.79 Å². The first kappa shape index (κ1) is 15.3. The molecule has 0 fully saturated rings. The first-order valence-corrected chi connectivity index (χ1v) is 9.15. The highest BCUT2D eigenvalue weighted by atomic mass is 32.2. The zero-order chi connectivity index (χ0) is 15.4. The fraction of sp³-hybridized carbons (Fsp3) is 0.294. The van der Waals surface area contributed by atoms with Gasteiger partial charge in [-0.1, -0.05) is 42.1 Å². The van der Waals surface area contributed by atoms with Gasteiger partial charge in [-0.25, -0.2) is 0 Å². The van der Waals surface area contributed by atoms with Crippen molar-refractivity contribution in [1.82, 2.24) is 4.90 Å². The Balaban J connectivity index is 1.61. The highest BCUT2D eigenvalue weighted by Crippen LogP contribution is 2.22. The number of carbonyl (C=O) groups is 1. The summed E-state index contributed by atoms with van der Waals surface area (Å²) in [7, 11) is 0. The van der Waals surface area contributed by atoms with Crippen LogP contribution in [0, 0.1) is 6.92 Å². The number of thiophene rings is 1. The van der Waals surface area contributed by atoms with Gasteiger partial charge in [0, 0.05) is 17.2 Å². The van der Waals surface area contributed by atoms with Crippen molar-refractivity contribution in [3.05, 3.63) is 57.8 Å². The Labute approximate surface area is 139 Å². The van der Waals surface area contributed by atoms with E-state index in [0.717, 1.165) is 15.8 Å². The number of carbonyl (C=O) groups excluding carboxylic acids is 1. The summed E-state index contributed by atoms with van der Waals surface area (Å²) in [5.41, 5.74) is 2.58. The maximum absolute atomic E-state index is 12.4. The highest BCUT2D eigenvalue weighted by molar-refractivity contribution is 8.13. The summed E-state index contributed by atoms with van der Waals surface area (Å²) in [6, 6.07) is 12.4. The summed E-state index contributed by atoms with van der Waals surface area (Å²) in [4.78, 5) is 19.9. The number of nitrogens with zero attached hydrogens (tertiary/aromatic N) is 2. The largest absolute Gasteiger partial charge is 0.289 e. The van der Waals surface area contributed by atoms with Crippen LogP contribution in [0.15, 0.2) is 46.8 Å². The van der Waals surface area contributed by atoms with Gasteiger partial charge in [-0.05, 0) is 29.5 Å². The zero-order valence-corrected chi connectivity index (χ0v) is 14.1. The second-order valence-corrected chi connectivity index (χ2v) is 7.16. The lowest BCUT2D eigenvalue weighted by molar-refractivity contribution is -0.126. The van der Waals surface area contributed by atoms with Gasteiger partial charge in [0.05, 0.1) is 13.0 Å². The van der Waals surface area contributed by atoms with Crippen LogP contribution in [-0.2, 0) is 17.0 Å². The molecule has 5 heteroatoms. The first-order valence-electron chi connectivity index (χ1n) is 7.28. The van der Waals surface area contributed by atoms with Crippen LogP contribution in [0.25, 0.3) is 0 Å². The molecule has 2 aromatic rings. The van der Waals surface area contributed by atoms with E-state index in [1.807, 2.05) is 28.5 Å². The van der Waals surface area contributed by atoms with E-state index < -0.39 is 0 Å². The molecular formula is C17H18N2OS2. The molecule has 114 valence electrons. The molecule has 0 saturated heterocycles. The van der Waals surface area contributed by atoms with Gasteiger partial charge in [-0.3, -0.25) is 14.7 Å². The Morgan fingerprint density at radius 3 is 2.95 bits per heavy atom. The average Bonchev–Trinajstić information content (AvgIpc) is 3.17. The molecule has 1 aromatic carbocycles. The Bertz CT molecular complexity index is 680. The highest BCUT2D eigenvalue weighted by Gasteiger charge is 2.24. The number of aliphatic imine (C=N–C) groups is 1. The van der Waals surface area contributed by atoms with Crippen molar-refractivity contribution in [3.8, 4) is 0 Å². The predicted molar refractivity (Wildman–Crippen MR) is 94.5 cm³/mol. The normalized spacial score (nSPS) is 14.2. The zero-order valence-electron chi connectivity index (χ0n) is 12.5. The molecule has 0 aliphatic carbocycles. The van der Waals surface area contributed by atoms with Gasteiger partial charge in [0.1, 0.15) is 0 Å². The number of rotatable bonds is 4. The van der Waals surface area contributed by atoms with Crippen LogP contribution in [0.1, 0.15) is 16.0 Å². The number of benzene rings is 1. The van der Waals surface area contributed by atoms with Crippen molar-refractivity contribution in [2.45, 2.75) is 19.1 Å². The summed E-state index contributed by atoms with van der Waals surface area (Å²) in [5.74, 6) is 1.00. The standard InChI is InChI=1S/C17H18N2OS2/c1-13-5-2-3-6-14(13)12-22-17-18-8-9-19(17)16(20)11-15-7-4-10-21-15/h2-7,10H,8-9,11-12H2,1H3. The van der Waals surface area contributed by atoms with Crippen LogP contribution >= 0.6 is 23.1 Å². The van der Waals surface area contributed by atoms with E-state index in [4.69, 9.17) is 0 Å². The van der Waals surface area contributed by atoms with Crippen LogP contribution in [0.2, 0.25) is 0 Å². The summed E-state index contributed by atoms with van der Waals surface area (Å²) in [6.07, 6.45) is 0.474. The molecule has 1 aromatic heterocycles. The maximum Gasteiger partial charge on any atom is 0.233 e. The SMILES string of the molecule is Cc1ccccc1CSC1=NCCN1C(=O)Cc1cccs1. The minimum absolute atomic E-state index is 0.149. The van der Waals surface area contributed by atoms with Crippen LogP contribution < -0.4 is 0 Å². The summed E-state index contributed by atoms with van der Waals surface area (Å²) in [5, 5.41) is 2.87. The van der Waals surface area contributed by atoms with Crippen molar-refractivity contribution >= 4 is 34.2 Å². The average molecular weight is 330 g/mol.